The van der Waals surface area contributed by atoms with Crippen LogP contribution in [0.15, 0.2) is 51.7 Å². The van der Waals surface area contributed by atoms with Crippen molar-refractivity contribution in [2.45, 2.75) is 13.0 Å². The van der Waals surface area contributed by atoms with Crippen LogP contribution < -0.4 is 10.3 Å². The van der Waals surface area contributed by atoms with Gasteiger partial charge in [-0.3, -0.25) is 14.3 Å². The summed E-state index contributed by atoms with van der Waals surface area (Å²) >= 11 is 3.42. The van der Waals surface area contributed by atoms with Crippen molar-refractivity contribution in [2.24, 2.45) is 0 Å². The predicted molar refractivity (Wildman–Crippen MR) is 119 cm³/mol. The van der Waals surface area contributed by atoms with Gasteiger partial charge in [0.2, 0.25) is 0 Å². The number of β-amino-alcohol motifs (C(OH)–C–C–N with tert-alkyl or cyclic N) is 1. The van der Waals surface area contributed by atoms with Crippen LogP contribution in [-0.2, 0) is 4.74 Å². The molecule has 1 aliphatic heterocycles. The molecule has 1 atom stereocenters. The number of aliphatic hydroxyl groups is 1. The molecule has 1 fully saturated rings. The number of aryl methyl sites for hydroxylation is 1. The predicted octanol–water partition coefficient (Wildman–Crippen LogP) is 2.53. The van der Waals surface area contributed by atoms with Gasteiger partial charge < -0.3 is 14.6 Å². The maximum absolute atomic E-state index is 13.1. The largest absolute Gasteiger partial charge is 0.491 e. The van der Waals surface area contributed by atoms with Crippen LogP contribution in [0.3, 0.4) is 0 Å². The van der Waals surface area contributed by atoms with Crippen LogP contribution in [-0.4, -0.2) is 65.1 Å². The number of hydrogen-bond donors (Lipinski definition) is 1. The Morgan fingerprint density at radius 2 is 2.03 bits per heavy atom. The molecule has 30 heavy (non-hydrogen) atoms. The van der Waals surface area contributed by atoms with E-state index in [-0.39, 0.29) is 12.2 Å². The standard InChI is InChI=1S/C22H24BrN3O4/c1-15-24-21-6-5-16(23)11-20(21)22(28)26(15)17-3-2-4-19(12-17)30-14-18(27)13-25-7-9-29-10-8-25/h2-6,11-12,18,27H,7-10,13-14H2,1H3. The van der Waals surface area contributed by atoms with E-state index in [4.69, 9.17) is 9.47 Å². The van der Waals surface area contributed by atoms with Gasteiger partial charge in [0.25, 0.3) is 5.56 Å². The number of nitrogens with zero attached hydrogens (tertiary/aromatic N) is 3. The fourth-order valence-electron chi connectivity index (χ4n) is 3.61. The maximum Gasteiger partial charge on any atom is 0.266 e. The Balaban J connectivity index is 1.53. The lowest BCUT2D eigenvalue weighted by Gasteiger charge is -2.28. The lowest BCUT2D eigenvalue weighted by molar-refractivity contribution is 0.00465. The maximum atomic E-state index is 13.1. The quantitative estimate of drug-likeness (QED) is 0.592. The van der Waals surface area contributed by atoms with Crippen molar-refractivity contribution >= 4 is 26.8 Å². The van der Waals surface area contributed by atoms with Gasteiger partial charge in [-0.2, -0.15) is 0 Å². The Kier molecular flexibility index (Phi) is 6.48. The molecule has 0 amide bonds. The molecule has 0 bridgehead atoms. The number of aliphatic hydroxyl groups excluding tert-OH is 1. The van der Waals surface area contributed by atoms with Crippen LogP contribution in [0.2, 0.25) is 0 Å². The highest BCUT2D eigenvalue weighted by atomic mass is 79.9. The van der Waals surface area contributed by atoms with Crippen molar-refractivity contribution in [2.75, 3.05) is 39.5 Å². The highest BCUT2D eigenvalue weighted by Crippen LogP contribution is 2.20. The highest BCUT2D eigenvalue weighted by molar-refractivity contribution is 9.10. The third kappa shape index (κ3) is 4.73. The van der Waals surface area contributed by atoms with E-state index in [9.17, 15) is 9.90 Å². The first-order valence-electron chi connectivity index (χ1n) is 9.91. The minimum Gasteiger partial charge on any atom is -0.491 e. The smallest absolute Gasteiger partial charge is 0.266 e. The molecule has 4 rings (SSSR count). The van der Waals surface area contributed by atoms with Crippen LogP contribution in [0.1, 0.15) is 5.82 Å². The van der Waals surface area contributed by atoms with E-state index < -0.39 is 6.10 Å². The van der Waals surface area contributed by atoms with E-state index in [1.54, 1.807) is 16.7 Å². The first kappa shape index (κ1) is 21.0. The monoisotopic (exact) mass is 473 g/mol. The van der Waals surface area contributed by atoms with Gasteiger partial charge in [0, 0.05) is 30.2 Å². The third-order valence-corrected chi connectivity index (χ3v) is 5.58. The summed E-state index contributed by atoms with van der Waals surface area (Å²) in [5.74, 6) is 1.19. The average Bonchev–Trinajstić information content (AvgIpc) is 2.74. The minimum atomic E-state index is -0.601. The van der Waals surface area contributed by atoms with E-state index in [2.05, 4.69) is 25.8 Å². The molecule has 1 N–H and O–H groups in total. The number of rotatable bonds is 6. The zero-order valence-corrected chi connectivity index (χ0v) is 18.3. The van der Waals surface area contributed by atoms with Crippen LogP contribution in [0, 0.1) is 6.92 Å². The summed E-state index contributed by atoms with van der Waals surface area (Å²) in [5.41, 5.74) is 1.20. The van der Waals surface area contributed by atoms with Gasteiger partial charge in [0.05, 0.1) is 29.8 Å². The molecule has 0 saturated carbocycles. The lowest BCUT2D eigenvalue weighted by Crippen LogP contribution is -2.42. The molecule has 0 radical (unpaired) electrons. The van der Waals surface area contributed by atoms with Gasteiger partial charge in [-0.05, 0) is 37.3 Å². The van der Waals surface area contributed by atoms with Crippen LogP contribution in [0.25, 0.3) is 16.6 Å². The number of ether oxygens (including phenoxy) is 2. The van der Waals surface area contributed by atoms with E-state index in [1.165, 1.54) is 0 Å². The van der Waals surface area contributed by atoms with Crippen molar-refractivity contribution in [3.8, 4) is 11.4 Å². The fraction of sp³-hybridized carbons (Fsp3) is 0.364. The molecule has 2 heterocycles. The second kappa shape index (κ2) is 9.26. The van der Waals surface area contributed by atoms with Gasteiger partial charge in [-0.15, -0.1) is 0 Å². The summed E-state index contributed by atoms with van der Waals surface area (Å²) in [7, 11) is 0. The lowest BCUT2D eigenvalue weighted by atomic mass is 10.2. The second-order valence-electron chi connectivity index (χ2n) is 7.34. The number of fused-ring (bicyclic) bond motifs is 1. The van der Waals surface area contributed by atoms with Crippen LogP contribution in [0.5, 0.6) is 5.75 Å². The summed E-state index contributed by atoms with van der Waals surface area (Å²) in [6.45, 7) is 5.56. The van der Waals surface area contributed by atoms with Gasteiger partial charge in [-0.1, -0.05) is 22.0 Å². The molecule has 2 aromatic carbocycles. The zero-order chi connectivity index (χ0) is 21.1. The first-order valence-corrected chi connectivity index (χ1v) is 10.7. The summed E-state index contributed by atoms with van der Waals surface area (Å²) in [5, 5.41) is 10.8. The summed E-state index contributed by atoms with van der Waals surface area (Å²) in [4.78, 5) is 19.8. The van der Waals surface area contributed by atoms with Gasteiger partial charge in [0.15, 0.2) is 0 Å². The van der Waals surface area contributed by atoms with Crippen molar-refractivity contribution in [3.63, 3.8) is 0 Å². The fourth-order valence-corrected chi connectivity index (χ4v) is 3.97. The number of morpholine rings is 1. The summed E-state index contributed by atoms with van der Waals surface area (Å²) in [6.07, 6.45) is -0.601. The van der Waals surface area contributed by atoms with Crippen LogP contribution in [0.4, 0.5) is 0 Å². The minimum absolute atomic E-state index is 0.136. The molecule has 1 saturated heterocycles. The van der Waals surface area contributed by atoms with Crippen molar-refractivity contribution in [1.82, 2.24) is 14.5 Å². The number of hydrogen-bond acceptors (Lipinski definition) is 6. The highest BCUT2D eigenvalue weighted by Gasteiger charge is 2.16. The zero-order valence-electron chi connectivity index (χ0n) is 16.8. The number of halogens is 1. The molecular weight excluding hydrogens is 450 g/mol. The topological polar surface area (TPSA) is 76.8 Å². The molecule has 0 aliphatic carbocycles. The molecule has 1 unspecified atom stereocenters. The Bertz CT molecular complexity index is 1100. The molecule has 3 aromatic rings. The average molecular weight is 474 g/mol. The van der Waals surface area contributed by atoms with E-state index in [0.29, 0.717) is 47.9 Å². The molecule has 158 valence electrons. The van der Waals surface area contributed by atoms with Crippen LogP contribution >= 0.6 is 15.9 Å². The number of aromatic nitrogens is 2. The number of benzene rings is 2. The third-order valence-electron chi connectivity index (χ3n) is 5.09. The summed E-state index contributed by atoms with van der Waals surface area (Å²) in [6, 6.07) is 12.8. The molecular formula is C22H24BrN3O4. The Morgan fingerprint density at radius 3 is 2.83 bits per heavy atom. The SMILES string of the molecule is Cc1nc2ccc(Br)cc2c(=O)n1-c1cccc(OCC(O)CN2CCOCC2)c1. The van der Waals surface area contributed by atoms with Gasteiger partial charge in [0.1, 0.15) is 24.3 Å². The van der Waals surface area contributed by atoms with Crippen molar-refractivity contribution < 1.29 is 14.6 Å². The second-order valence-corrected chi connectivity index (χ2v) is 8.25. The molecule has 1 aromatic heterocycles. The molecule has 1 aliphatic rings. The molecule has 8 heteroatoms. The van der Waals surface area contributed by atoms with E-state index in [1.807, 2.05) is 37.3 Å². The van der Waals surface area contributed by atoms with Crippen molar-refractivity contribution in [3.05, 3.63) is 63.1 Å². The Labute approximate surface area is 183 Å². The van der Waals surface area contributed by atoms with Gasteiger partial charge in [-0.25, -0.2) is 4.98 Å². The van der Waals surface area contributed by atoms with Crippen molar-refractivity contribution in [1.29, 1.82) is 0 Å². The Hall–Kier alpha value is -2.26. The normalized spacial score (nSPS) is 16.0. The van der Waals surface area contributed by atoms with E-state index >= 15 is 0 Å². The van der Waals surface area contributed by atoms with Gasteiger partial charge >= 0.3 is 0 Å². The molecule has 7 nitrogen and oxygen atoms in total. The Morgan fingerprint density at radius 1 is 1.23 bits per heavy atom. The summed E-state index contributed by atoms with van der Waals surface area (Å²) < 4.78 is 13.5. The van der Waals surface area contributed by atoms with E-state index in [0.717, 1.165) is 17.6 Å². The first-order chi connectivity index (χ1) is 14.5. The molecule has 0 spiro atoms.